The third-order valence-corrected chi connectivity index (χ3v) is 2.79. The van der Waals surface area contributed by atoms with Crippen molar-refractivity contribution in [3.8, 4) is 0 Å². The molecule has 2 rings (SSSR count). The van der Waals surface area contributed by atoms with E-state index in [1.807, 2.05) is 31.2 Å². The largest absolute Gasteiger partial charge is 0.348 e. The molecule has 1 aromatic carbocycles. The minimum atomic E-state index is 0. The van der Waals surface area contributed by atoms with Crippen LogP contribution < -0.4 is 10.6 Å². The van der Waals surface area contributed by atoms with Crippen LogP contribution in [-0.4, -0.2) is 25.0 Å². The van der Waals surface area contributed by atoms with Gasteiger partial charge in [-0.15, -0.1) is 12.4 Å². The van der Waals surface area contributed by atoms with Crippen molar-refractivity contribution in [2.24, 2.45) is 0 Å². The maximum atomic E-state index is 11.9. The van der Waals surface area contributed by atoms with Crippen LogP contribution in [0.3, 0.4) is 0 Å². The van der Waals surface area contributed by atoms with Crippen molar-refractivity contribution >= 4 is 18.3 Å². The van der Waals surface area contributed by atoms with E-state index < -0.39 is 0 Å². The van der Waals surface area contributed by atoms with E-state index in [0.29, 0.717) is 0 Å². The molecule has 2 N–H and O–H groups in total. The van der Waals surface area contributed by atoms with Crippen LogP contribution in [0.4, 0.5) is 0 Å². The van der Waals surface area contributed by atoms with E-state index in [9.17, 15) is 4.79 Å². The van der Waals surface area contributed by atoms with Gasteiger partial charge in [-0.05, 0) is 31.5 Å². The van der Waals surface area contributed by atoms with Crippen molar-refractivity contribution in [3.63, 3.8) is 0 Å². The summed E-state index contributed by atoms with van der Waals surface area (Å²) in [5.74, 6) is 0.0433. The first-order chi connectivity index (χ1) is 7.27. The standard InChI is InChI=1S/C12H16N2O.ClH/c1-9-4-2-3-5-11(9)12(15)14-10-6-7-13-8-10;/h2-5,10,13H,6-8H2,1H3,(H,14,15);1H. The van der Waals surface area contributed by atoms with E-state index in [0.717, 1.165) is 30.6 Å². The molecular formula is C12H17ClN2O. The van der Waals surface area contributed by atoms with Crippen molar-refractivity contribution in [2.75, 3.05) is 13.1 Å². The number of aryl methyl sites for hydroxylation is 1. The zero-order valence-corrected chi connectivity index (χ0v) is 10.1. The first-order valence-corrected chi connectivity index (χ1v) is 5.34. The molecule has 1 unspecified atom stereocenters. The van der Waals surface area contributed by atoms with Crippen molar-refractivity contribution in [1.29, 1.82) is 0 Å². The molecule has 1 aliphatic heterocycles. The van der Waals surface area contributed by atoms with E-state index in [-0.39, 0.29) is 24.4 Å². The zero-order chi connectivity index (χ0) is 10.7. The number of carbonyl (C=O) groups is 1. The van der Waals surface area contributed by atoms with E-state index in [1.54, 1.807) is 0 Å². The second-order valence-corrected chi connectivity index (χ2v) is 3.98. The molecule has 1 amide bonds. The molecule has 0 aliphatic carbocycles. The van der Waals surface area contributed by atoms with Gasteiger partial charge in [-0.1, -0.05) is 18.2 Å². The van der Waals surface area contributed by atoms with Crippen LogP contribution in [0.15, 0.2) is 24.3 Å². The number of hydrogen-bond donors (Lipinski definition) is 2. The third-order valence-electron chi connectivity index (χ3n) is 2.79. The molecule has 0 radical (unpaired) electrons. The number of nitrogens with one attached hydrogen (secondary N) is 2. The Balaban J connectivity index is 0.00000128. The molecule has 0 saturated carbocycles. The zero-order valence-electron chi connectivity index (χ0n) is 9.32. The normalized spacial score (nSPS) is 18.9. The molecule has 16 heavy (non-hydrogen) atoms. The van der Waals surface area contributed by atoms with Gasteiger partial charge in [0.15, 0.2) is 0 Å². The Labute approximate surface area is 102 Å². The first kappa shape index (κ1) is 13.0. The summed E-state index contributed by atoms with van der Waals surface area (Å²) in [6.45, 7) is 3.85. The van der Waals surface area contributed by atoms with Crippen LogP contribution in [0, 0.1) is 6.92 Å². The highest BCUT2D eigenvalue weighted by Gasteiger charge is 2.17. The van der Waals surface area contributed by atoms with E-state index in [2.05, 4.69) is 10.6 Å². The van der Waals surface area contributed by atoms with Crippen molar-refractivity contribution in [1.82, 2.24) is 10.6 Å². The van der Waals surface area contributed by atoms with Gasteiger partial charge in [-0.3, -0.25) is 4.79 Å². The van der Waals surface area contributed by atoms with Crippen molar-refractivity contribution in [2.45, 2.75) is 19.4 Å². The number of carbonyl (C=O) groups excluding carboxylic acids is 1. The minimum Gasteiger partial charge on any atom is -0.348 e. The van der Waals surface area contributed by atoms with Gasteiger partial charge in [-0.2, -0.15) is 0 Å². The number of halogens is 1. The van der Waals surface area contributed by atoms with Gasteiger partial charge in [0.25, 0.3) is 5.91 Å². The van der Waals surface area contributed by atoms with E-state index in [1.165, 1.54) is 0 Å². The Hall–Kier alpha value is -1.06. The van der Waals surface area contributed by atoms with Crippen molar-refractivity contribution < 1.29 is 4.79 Å². The Morgan fingerprint density at radius 1 is 1.44 bits per heavy atom. The van der Waals surface area contributed by atoms with E-state index in [4.69, 9.17) is 0 Å². The highest BCUT2D eigenvalue weighted by molar-refractivity contribution is 5.95. The SMILES string of the molecule is Cc1ccccc1C(=O)NC1CCNC1.Cl. The van der Waals surface area contributed by atoms with Crippen molar-refractivity contribution in [3.05, 3.63) is 35.4 Å². The molecule has 1 fully saturated rings. The molecule has 1 atom stereocenters. The average molecular weight is 241 g/mol. The predicted octanol–water partition coefficient (Wildman–Crippen LogP) is 1.51. The lowest BCUT2D eigenvalue weighted by atomic mass is 10.1. The summed E-state index contributed by atoms with van der Waals surface area (Å²) in [7, 11) is 0. The smallest absolute Gasteiger partial charge is 0.251 e. The lowest BCUT2D eigenvalue weighted by Gasteiger charge is -2.12. The third kappa shape index (κ3) is 2.97. The summed E-state index contributed by atoms with van der Waals surface area (Å²) in [5.41, 5.74) is 1.81. The van der Waals surface area contributed by atoms with Gasteiger partial charge in [-0.25, -0.2) is 0 Å². The summed E-state index contributed by atoms with van der Waals surface area (Å²) < 4.78 is 0. The Bertz CT molecular complexity index is 362. The molecule has 0 spiro atoms. The lowest BCUT2D eigenvalue weighted by molar-refractivity contribution is 0.0939. The summed E-state index contributed by atoms with van der Waals surface area (Å²) >= 11 is 0. The minimum absolute atomic E-state index is 0. The molecule has 0 aromatic heterocycles. The maximum absolute atomic E-state index is 11.9. The second-order valence-electron chi connectivity index (χ2n) is 3.98. The maximum Gasteiger partial charge on any atom is 0.251 e. The average Bonchev–Trinajstić information content (AvgIpc) is 2.71. The van der Waals surface area contributed by atoms with Crippen LogP contribution in [-0.2, 0) is 0 Å². The fraction of sp³-hybridized carbons (Fsp3) is 0.417. The Morgan fingerprint density at radius 3 is 2.81 bits per heavy atom. The summed E-state index contributed by atoms with van der Waals surface area (Å²) in [6, 6.07) is 7.96. The van der Waals surface area contributed by atoms with Gasteiger partial charge in [0.05, 0.1) is 0 Å². The Morgan fingerprint density at radius 2 is 2.19 bits per heavy atom. The van der Waals surface area contributed by atoms with Crippen LogP contribution in [0.25, 0.3) is 0 Å². The van der Waals surface area contributed by atoms with Gasteiger partial charge in [0, 0.05) is 18.2 Å². The van der Waals surface area contributed by atoms with Gasteiger partial charge in [0.1, 0.15) is 0 Å². The summed E-state index contributed by atoms with van der Waals surface area (Å²) in [6.07, 6.45) is 1.03. The van der Waals surface area contributed by atoms with Crippen LogP contribution in [0.2, 0.25) is 0 Å². The summed E-state index contributed by atoms with van der Waals surface area (Å²) in [4.78, 5) is 11.9. The Kier molecular flexibility index (Phi) is 4.77. The first-order valence-electron chi connectivity index (χ1n) is 5.34. The van der Waals surface area contributed by atoms with Crippen LogP contribution in [0.5, 0.6) is 0 Å². The lowest BCUT2D eigenvalue weighted by Crippen LogP contribution is -2.36. The molecule has 88 valence electrons. The number of rotatable bonds is 2. The summed E-state index contributed by atoms with van der Waals surface area (Å²) in [5, 5.41) is 6.26. The van der Waals surface area contributed by atoms with Gasteiger partial charge in [0.2, 0.25) is 0 Å². The quantitative estimate of drug-likeness (QED) is 0.823. The number of amides is 1. The molecule has 0 bridgehead atoms. The number of benzene rings is 1. The predicted molar refractivity (Wildman–Crippen MR) is 67.2 cm³/mol. The highest BCUT2D eigenvalue weighted by Crippen LogP contribution is 2.08. The highest BCUT2D eigenvalue weighted by atomic mass is 35.5. The van der Waals surface area contributed by atoms with Crippen LogP contribution >= 0.6 is 12.4 Å². The van der Waals surface area contributed by atoms with Crippen LogP contribution in [0.1, 0.15) is 22.3 Å². The molecule has 1 heterocycles. The molecule has 4 heteroatoms. The molecule has 1 saturated heterocycles. The fourth-order valence-electron chi connectivity index (χ4n) is 1.87. The molecular weight excluding hydrogens is 224 g/mol. The molecule has 1 aliphatic rings. The topological polar surface area (TPSA) is 41.1 Å². The number of hydrogen-bond acceptors (Lipinski definition) is 2. The monoisotopic (exact) mass is 240 g/mol. The molecule has 3 nitrogen and oxygen atoms in total. The fourth-order valence-corrected chi connectivity index (χ4v) is 1.87. The second kappa shape index (κ2) is 5.87. The van der Waals surface area contributed by atoms with E-state index >= 15 is 0 Å². The van der Waals surface area contributed by atoms with Gasteiger partial charge < -0.3 is 10.6 Å². The molecule has 1 aromatic rings. The van der Waals surface area contributed by atoms with Gasteiger partial charge >= 0.3 is 0 Å².